The third-order valence-corrected chi connectivity index (χ3v) is 3.55. The summed E-state index contributed by atoms with van der Waals surface area (Å²) in [5, 5.41) is 9.20. The molecule has 0 aromatic carbocycles. The number of ether oxygens (including phenoxy) is 1. The van der Waals surface area contributed by atoms with Gasteiger partial charge in [-0.05, 0) is 12.3 Å². The molecule has 0 aliphatic carbocycles. The average Bonchev–Trinajstić information content (AvgIpc) is 2.79. The van der Waals surface area contributed by atoms with Crippen LogP contribution in [-0.4, -0.2) is 54.2 Å². The van der Waals surface area contributed by atoms with Crippen molar-refractivity contribution < 1.29 is 19.4 Å². The summed E-state index contributed by atoms with van der Waals surface area (Å²) < 4.78 is 5.18. The first-order chi connectivity index (χ1) is 8.90. The predicted molar refractivity (Wildman–Crippen MR) is 70.6 cm³/mol. The third kappa shape index (κ3) is 3.91. The zero-order valence-electron chi connectivity index (χ0n) is 11.8. The molecular weight excluding hydrogens is 248 g/mol. The van der Waals surface area contributed by atoms with Crippen molar-refractivity contribution in [3.05, 3.63) is 0 Å². The fraction of sp³-hybridized carbons (Fsp3) is 0.846. The Morgan fingerprint density at radius 1 is 1.47 bits per heavy atom. The van der Waals surface area contributed by atoms with Crippen molar-refractivity contribution in [3.8, 4) is 0 Å². The maximum absolute atomic E-state index is 12.4. The van der Waals surface area contributed by atoms with Crippen molar-refractivity contribution in [2.24, 2.45) is 17.6 Å². The smallest absolute Gasteiger partial charge is 0.326 e. The van der Waals surface area contributed by atoms with Crippen LogP contribution in [0.15, 0.2) is 0 Å². The molecule has 1 fully saturated rings. The first kappa shape index (κ1) is 15.9. The Kier molecular flexibility index (Phi) is 5.75. The van der Waals surface area contributed by atoms with Crippen LogP contribution in [0.2, 0.25) is 0 Å². The summed E-state index contributed by atoms with van der Waals surface area (Å²) in [7, 11) is 1.53. The predicted octanol–water partition coefficient (Wildman–Crippen LogP) is 0.308. The molecule has 1 saturated heterocycles. The van der Waals surface area contributed by atoms with E-state index in [9.17, 15) is 14.7 Å². The lowest BCUT2D eigenvalue weighted by molar-refractivity contribution is -0.150. The number of hydrogen-bond donors (Lipinski definition) is 2. The highest BCUT2D eigenvalue weighted by molar-refractivity contribution is 5.86. The van der Waals surface area contributed by atoms with Crippen LogP contribution in [-0.2, 0) is 14.3 Å². The lowest BCUT2D eigenvalue weighted by Gasteiger charge is -2.26. The topological polar surface area (TPSA) is 92.9 Å². The number of nitrogens with zero attached hydrogens (tertiary/aromatic N) is 1. The Balaban J connectivity index is 2.80. The number of amides is 1. The molecule has 1 rings (SSSR count). The Morgan fingerprint density at radius 2 is 2.11 bits per heavy atom. The van der Waals surface area contributed by atoms with E-state index in [-0.39, 0.29) is 24.5 Å². The number of nitrogens with two attached hydrogens (primary N) is 1. The summed E-state index contributed by atoms with van der Waals surface area (Å²) >= 11 is 0. The van der Waals surface area contributed by atoms with Crippen molar-refractivity contribution in [2.75, 3.05) is 20.2 Å². The van der Waals surface area contributed by atoms with Crippen molar-refractivity contribution in [3.63, 3.8) is 0 Å². The number of rotatable bonds is 6. The molecule has 0 saturated carbocycles. The van der Waals surface area contributed by atoms with Gasteiger partial charge in [-0.15, -0.1) is 0 Å². The Bertz CT molecular complexity index is 333. The highest BCUT2D eigenvalue weighted by Gasteiger charge is 2.41. The van der Waals surface area contributed by atoms with Gasteiger partial charge in [-0.3, -0.25) is 4.79 Å². The molecule has 0 radical (unpaired) electrons. The van der Waals surface area contributed by atoms with Gasteiger partial charge < -0.3 is 20.5 Å². The van der Waals surface area contributed by atoms with E-state index >= 15 is 0 Å². The van der Waals surface area contributed by atoms with Crippen LogP contribution < -0.4 is 5.73 Å². The molecule has 0 aromatic heterocycles. The fourth-order valence-electron chi connectivity index (χ4n) is 2.55. The van der Waals surface area contributed by atoms with Crippen LogP contribution in [0.4, 0.5) is 0 Å². The maximum atomic E-state index is 12.4. The van der Waals surface area contributed by atoms with E-state index in [4.69, 9.17) is 10.5 Å². The molecule has 1 heterocycles. The normalized spacial score (nSPS) is 24.8. The minimum atomic E-state index is -0.979. The minimum Gasteiger partial charge on any atom is -0.480 e. The monoisotopic (exact) mass is 272 g/mol. The maximum Gasteiger partial charge on any atom is 0.326 e. The van der Waals surface area contributed by atoms with Gasteiger partial charge in [0, 0.05) is 26.6 Å². The van der Waals surface area contributed by atoms with Crippen molar-refractivity contribution in [2.45, 2.75) is 38.8 Å². The van der Waals surface area contributed by atoms with Gasteiger partial charge in [-0.25, -0.2) is 4.79 Å². The number of carboxylic acid groups (broad SMARTS) is 1. The Hall–Kier alpha value is -1.14. The summed E-state index contributed by atoms with van der Waals surface area (Å²) in [5.74, 6) is -1.10. The van der Waals surface area contributed by atoms with Crippen molar-refractivity contribution in [1.29, 1.82) is 0 Å². The van der Waals surface area contributed by atoms with Crippen LogP contribution in [0.1, 0.15) is 26.7 Å². The Labute approximate surface area is 113 Å². The molecule has 3 atom stereocenters. The van der Waals surface area contributed by atoms with E-state index < -0.39 is 12.0 Å². The lowest BCUT2D eigenvalue weighted by atomic mass is 9.95. The molecule has 110 valence electrons. The molecule has 3 unspecified atom stereocenters. The number of aliphatic carboxylic acids is 1. The number of carbonyl (C=O) groups is 2. The van der Waals surface area contributed by atoms with Gasteiger partial charge in [0.2, 0.25) is 5.91 Å². The van der Waals surface area contributed by atoms with Gasteiger partial charge in [0.15, 0.2) is 0 Å². The molecule has 1 aliphatic rings. The molecular formula is C13H24N2O4. The highest BCUT2D eigenvalue weighted by atomic mass is 16.5. The highest BCUT2D eigenvalue weighted by Crippen LogP contribution is 2.24. The number of carbonyl (C=O) groups excluding carboxylic acids is 1. The van der Waals surface area contributed by atoms with Crippen molar-refractivity contribution >= 4 is 11.9 Å². The summed E-state index contributed by atoms with van der Waals surface area (Å²) in [6.07, 6.45) is 0.814. The molecule has 1 aliphatic heterocycles. The van der Waals surface area contributed by atoms with Gasteiger partial charge in [-0.2, -0.15) is 0 Å². The second-order valence-corrected chi connectivity index (χ2v) is 5.50. The summed E-state index contributed by atoms with van der Waals surface area (Å²) in [4.78, 5) is 25.1. The Morgan fingerprint density at radius 3 is 2.53 bits per heavy atom. The summed E-state index contributed by atoms with van der Waals surface area (Å²) in [6, 6.07) is -0.793. The SMILES string of the molecule is COC1CC(C(=O)O)N(C(=O)C(CN)CC(C)C)C1. The number of likely N-dealkylation sites (tertiary alicyclic amines) is 1. The molecule has 6 nitrogen and oxygen atoms in total. The minimum absolute atomic E-state index is 0.164. The van der Waals surface area contributed by atoms with E-state index in [2.05, 4.69) is 0 Å². The molecule has 0 spiro atoms. The molecule has 19 heavy (non-hydrogen) atoms. The first-order valence-electron chi connectivity index (χ1n) is 6.66. The van der Waals surface area contributed by atoms with Gasteiger partial charge in [0.1, 0.15) is 6.04 Å². The zero-order chi connectivity index (χ0) is 14.6. The largest absolute Gasteiger partial charge is 0.480 e. The molecule has 0 aromatic rings. The van der Waals surface area contributed by atoms with Crippen molar-refractivity contribution in [1.82, 2.24) is 4.90 Å². The number of carboxylic acids is 1. The second kappa shape index (κ2) is 6.86. The van der Waals surface area contributed by atoms with Crippen LogP contribution in [0.25, 0.3) is 0 Å². The molecule has 1 amide bonds. The van der Waals surface area contributed by atoms with Crippen LogP contribution >= 0.6 is 0 Å². The molecule has 3 N–H and O–H groups in total. The van der Waals surface area contributed by atoms with Crippen LogP contribution in [0.3, 0.4) is 0 Å². The second-order valence-electron chi connectivity index (χ2n) is 5.50. The van der Waals surface area contributed by atoms with E-state index in [1.54, 1.807) is 0 Å². The quantitative estimate of drug-likeness (QED) is 0.726. The molecule has 0 bridgehead atoms. The first-order valence-corrected chi connectivity index (χ1v) is 6.66. The summed E-state index contributed by atoms with van der Waals surface area (Å²) in [6.45, 7) is 4.62. The zero-order valence-corrected chi connectivity index (χ0v) is 11.8. The van der Waals surface area contributed by atoms with E-state index in [1.807, 2.05) is 13.8 Å². The average molecular weight is 272 g/mol. The number of hydrogen-bond acceptors (Lipinski definition) is 4. The molecule has 6 heteroatoms. The van der Waals surface area contributed by atoms with E-state index in [1.165, 1.54) is 12.0 Å². The summed E-state index contributed by atoms with van der Waals surface area (Å²) in [5.41, 5.74) is 5.65. The lowest BCUT2D eigenvalue weighted by Crippen LogP contribution is -2.45. The van der Waals surface area contributed by atoms with Crippen LogP contribution in [0, 0.1) is 11.8 Å². The van der Waals surface area contributed by atoms with Gasteiger partial charge in [-0.1, -0.05) is 13.8 Å². The van der Waals surface area contributed by atoms with E-state index in [0.29, 0.717) is 25.3 Å². The standard InChI is InChI=1S/C13H24N2O4/c1-8(2)4-9(6-14)12(16)15-7-10(19-3)5-11(15)13(17)18/h8-11H,4-7,14H2,1-3H3,(H,17,18). The third-order valence-electron chi connectivity index (χ3n) is 3.55. The fourth-order valence-corrected chi connectivity index (χ4v) is 2.55. The van der Waals surface area contributed by atoms with Gasteiger partial charge in [0.05, 0.1) is 12.0 Å². The van der Waals surface area contributed by atoms with Gasteiger partial charge in [0.25, 0.3) is 0 Å². The number of methoxy groups -OCH3 is 1. The van der Waals surface area contributed by atoms with E-state index in [0.717, 1.165) is 0 Å². The van der Waals surface area contributed by atoms with Crippen LogP contribution in [0.5, 0.6) is 0 Å². The van der Waals surface area contributed by atoms with Gasteiger partial charge >= 0.3 is 5.97 Å².